The van der Waals surface area contributed by atoms with Crippen LogP contribution in [0, 0.1) is 5.38 Å². The van der Waals surface area contributed by atoms with Crippen LogP contribution in [-0.2, 0) is 0 Å². The van der Waals surface area contributed by atoms with Gasteiger partial charge >= 0.3 is 0 Å². The Balaban J connectivity index is 2.16. The van der Waals surface area contributed by atoms with Crippen LogP contribution in [0.5, 0.6) is 0 Å². The standard InChI is InChI=1S/C17H15N2S/c1-19(2)17-8-9-18-10-14(17)16-12-20-11-15(16)13-6-4-3-5-7-13/h3-10,12H,1-2H3. The minimum atomic E-state index is 1.15. The van der Waals surface area contributed by atoms with Gasteiger partial charge in [0.2, 0.25) is 0 Å². The second-order valence-corrected chi connectivity index (χ2v) is 5.46. The first-order valence-electron chi connectivity index (χ1n) is 6.43. The summed E-state index contributed by atoms with van der Waals surface area (Å²) in [7, 11) is 4.11. The third kappa shape index (κ3) is 2.32. The highest BCUT2D eigenvalue weighted by molar-refractivity contribution is 7.08. The Labute approximate surface area is 123 Å². The zero-order chi connectivity index (χ0) is 13.9. The topological polar surface area (TPSA) is 16.1 Å². The van der Waals surface area contributed by atoms with Crippen molar-refractivity contribution in [2.45, 2.75) is 0 Å². The molecule has 1 radical (unpaired) electrons. The first kappa shape index (κ1) is 12.9. The number of hydrogen-bond donors (Lipinski definition) is 0. The van der Waals surface area contributed by atoms with Crippen LogP contribution in [0.2, 0.25) is 0 Å². The molecule has 0 aliphatic rings. The maximum absolute atomic E-state index is 4.28. The third-order valence-electron chi connectivity index (χ3n) is 3.24. The van der Waals surface area contributed by atoms with Crippen LogP contribution in [-0.4, -0.2) is 19.1 Å². The van der Waals surface area contributed by atoms with Crippen molar-refractivity contribution in [1.29, 1.82) is 0 Å². The Morgan fingerprint density at radius 3 is 2.60 bits per heavy atom. The number of aromatic nitrogens is 1. The zero-order valence-corrected chi connectivity index (χ0v) is 12.3. The van der Waals surface area contributed by atoms with Gasteiger partial charge in [0.25, 0.3) is 0 Å². The summed E-state index contributed by atoms with van der Waals surface area (Å²) >= 11 is 1.61. The molecule has 0 atom stereocenters. The fourth-order valence-electron chi connectivity index (χ4n) is 2.26. The van der Waals surface area contributed by atoms with Gasteiger partial charge in [0.1, 0.15) is 0 Å². The van der Waals surface area contributed by atoms with Crippen molar-refractivity contribution in [1.82, 2.24) is 4.98 Å². The summed E-state index contributed by atoms with van der Waals surface area (Å²) < 4.78 is 0. The number of hydrogen-bond acceptors (Lipinski definition) is 3. The van der Waals surface area contributed by atoms with E-state index in [0.717, 1.165) is 11.1 Å². The summed E-state index contributed by atoms with van der Waals surface area (Å²) in [5.41, 5.74) is 5.85. The van der Waals surface area contributed by atoms with Crippen molar-refractivity contribution >= 4 is 17.0 Å². The van der Waals surface area contributed by atoms with Crippen LogP contribution >= 0.6 is 11.3 Å². The zero-order valence-electron chi connectivity index (χ0n) is 11.5. The first-order valence-corrected chi connectivity index (χ1v) is 7.31. The van der Waals surface area contributed by atoms with Crippen molar-refractivity contribution in [2.24, 2.45) is 0 Å². The van der Waals surface area contributed by atoms with E-state index < -0.39 is 0 Å². The smallest absolute Gasteiger partial charge is 0.0533 e. The second kappa shape index (κ2) is 5.47. The van der Waals surface area contributed by atoms with E-state index in [0.29, 0.717) is 0 Å². The normalized spacial score (nSPS) is 10.5. The van der Waals surface area contributed by atoms with Crippen LogP contribution in [0.4, 0.5) is 5.69 Å². The highest BCUT2D eigenvalue weighted by atomic mass is 32.1. The molecule has 0 aliphatic carbocycles. The summed E-state index contributed by atoms with van der Waals surface area (Å²) in [5.74, 6) is 0. The predicted octanol–water partition coefficient (Wildman–Crippen LogP) is 4.34. The molecule has 3 aromatic rings. The van der Waals surface area contributed by atoms with Crippen molar-refractivity contribution in [2.75, 3.05) is 19.0 Å². The van der Waals surface area contributed by atoms with Gasteiger partial charge in [-0.1, -0.05) is 30.3 Å². The highest BCUT2D eigenvalue weighted by Gasteiger charge is 2.13. The Bertz CT molecular complexity index is 702. The largest absolute Gasteiger partial charge is 0.377 e. The minimum absolute atomic E-state index is 1.15. The van der Waals surface area contributed by atoms with E-state index in [1.807, 2.05) is 24.5 Å². The average molecular weight is 279 g/mol. The van der Waals surface area contributed by atoms with E-state index in [-0.39, 0.29) is 0 Å². The van der Waals surface area contributed by atoms with E-state index >= 15 is 0 Å². The van der Waals surface area contributed by atoms with Gasteiger partial charge < -0.3 is 4.90 Å². The molecular formula is C17H15N2S. The van der Waals surface area contributed by atoms with Gasteiger partial charge in [-0.15, -0.1) is 11.3 Å². The van der Waals surface area contributed by atoms with Crippen molar-refractivity contribution in [3.05, 3.63) is 59.6 Å². The van der Waals surface area contributed by atoms with Gasteiger partial charge in [-0.25, -0.2) is 0 Å². The molecule has 3 heteroatoms. The molecule has 0 saturated carbocycles. The Hall–Kier alpha value is -2.13. The lowest BCUT2D eigenvalue weighted by molar-refractivity contribution is 1.12. The van der Waals surface area contributed by atoms with Crippen molar-refractivity contribution in [3.8, 4) is 22.3 Å². The number of thiophene rings is 1. The number of nitrogens with zero attached hydrogens (tertiary/aromatic N) is 2. The molecule has 2 aromatic heterocycles. The quantitative estimate of drug-likeness (QED) is 0.709. The first-order chi connectivity index (χ1) is 9.77. The summed E-state index contributed by atoms with van der Waals surface area (Å²) in [6.07, 6.45) is 3.76. The lowest BCUT2D eigenvalue weighted by Crippen LogP contribution is -2.10. The molecule has 0 spiro atoms. The highest BCUT2D eigenvalue weighted by Crippen LogP contribution is 2.38. The van der Waals surface area contributed by atoms with E-state index in [9.17, 15) is 0 Å². The molecule has 0 N–H and O–H groups in total. The number of rotatable bonds is 3. The van der Waals surface area contributed by atoms with Crippen LogP contribution < -0.4 is 4.90 Å². The number of anilines is 1. The molecule has 0 saturated heterocycles. The third-order valence-corrected chi connectivity index (χ3v) is 3.92. The van der Waals surface area contributed by atoms with Crippen LogP contribution in [0.15, 0.2) is 54.2 Å². The predicted molar refractivity (Wildman–Crippen MR) is 86.1 cm³/mol. The molecule has 3 rings (SSSR count). The van der Waals surface area contributed by atoms with Crippen molar-refractivity contribution < 1.29 is 0 Å². The van der Waals surface area contributed by atoms with E-state index in [1.165, 1.54) is 16.8 Å². The van der Waals surface area contributed by atoms with Gasteiger partial charge in [-0.05, 0) is 11.6 Å². The molecular weight excluding hydrogens is 264 g/mol. The molecule has 0 amide bonds. The van der Waals surface area contributed by atoms with E-state index in [1.54, 1.807) is 11.3 Å². The molecule has 0 aliphatic heterocycles. The van der Waals surface area contributed by atoms with Gasteiger partial charge in [0, 0.05) is 54.2 Å². The maximum atomic E-state index is 4.28. The van der Waals surface area contributed by atoms with E-state index in [2.05, 4.69) is 59.0 Å². The molecule has 20 heavy (non-hydrogen) atoms. The number of pyridine rings is 1. The molecule has 99 valence electrons. The maximum Gasteiger partial charge on any atom is 0.0533 e. The average Bonchev–Trinajstić information content (AvgIpc) is 2.97. The minimum Gasteiger partial charge on any atom is -0.377 e. The fraction of sp³-hybridized carbons (Fsp3) is 0.118. The van der Waals surface area contributed by atoms with Gasteiger partial charge in [0.05, 0.1) is 5.38 Å². The monoisotopic (exact) mass is 279 g/mol. The van der Waals surface area contributed by atoms with Gasteiger partial charge in [0.15, 0.2) is 0 Å². The van der Waals surface area contributed by atoms with Gasteiger partial charge in [-0.3, -0.25) is 4.98 Å². The molecule has 0 bridgehead atoms. The molecule has 0 fully saturated rings. The molecule has 0 unspecified atom stereocenters. The summed E-state index contributed by atoms with van der Waals surface area (Å²) in [6.45, 7) is 0. The van der Waals surface area contributed by atoms with Crippen LogP contribution in [0.25, 0.3) is 22.3 Å². The van der Waals surface area contributed by atoms with Gasteiger partial charge in [-0.2, -0.15) is 0 Å². The second-order valence-electron chi connectivity index (χ2n) is 4.78. The molecule has 2 heterocycles. The number of benzene rings is 1. The summed E-state index contributed by atoms with van der Waals surface area (Å²) in [6, 6.07) is 12.4. The Kier molecular flexibility index (Phi) is 3.52. The molecule has 2 nitrogen and oxygen atoms in total. The lowest BCUT2D eigenvalue weighted by Gasteiger charge is -2.17. The SMILES string of the molecule is CN(C)c1ccncc1-c1cs[c]c1-c1ccccc1. The Morgan fingerprint density at radius 1 is 1.05 bits per heavy atom. The lowest BCUT2D eigenvalue weighted by atomic mass is 9.99. The Morgan fingerprint density at radius 2 is 1.85 bits per heavy atom. The fourth-order valence-corrected chi connectivity index (χ4v) is 3.03. The van der Waals surface area contributed by atoms with Crippen LogP contribution in [0.3, 0.4) is 0 Å². The van der Waals surface area contributed by atoms with Crippen LogP contribution in [0.1, 0.15) is 0 Å². The molecule has 1 aromatic carbocycles. The summed E-state index contributed by atoms with van der Waals surface area (Å²) in [4.78, 5) is 6.40. The summed E-state index contributed by atoms with van der Waals surface area (Å²) in [5, 5.41) is 5.53. The van der Waals surface area contributed by atoms with E-state index in [4.69, 9.17) is 0 Å². The van der Waals surface area contributed by atoms with Crippen molar-refractivity contribution in [3.63, 3.8) is 0 Å².